The highest BCUT2D eigenvalue weighted by Gasteiger charge is 2.71. The largest absolute Gasteiger partial charge is 0.466 e. The maximum Gasteiger partial charge on any atom is 0.430 e. The van der Waals surface area contributed by atoms with Crippen molar-refractivity contribution in [1.82, 2.24) is 0 Å². The standard InChI is InChI=1S/C21H18F7NO5S2/c1-2-34-18(30)10-14-11-35-17-9-12(19(31,20(23,24)25)21(26,27)28)3-8-16(17)29(14)36(32,33)15-6-4-13(22)5-7-15/h3-9,14,31H,2,10-11H2,1H3. The van der Waals surface area contributed by atoms with Gasteiger partial charge in [-0.25, -0.2) is 12.8 Å². The van der Waals surface area contributed by atoms with Crippen molar-refractivity contribution >= 4 is 33.4 Å². The van der Waals surface area contributed by atoms with Crippen LogP contribution < -0.4 is 4.31 Å². The molecule has 0 amide bonds. The molecule has 198 valence electrons. The molecule has 1 heterocycles. The van der Waals surface area contributed by atoms with Gasteiger partial charge in [0.1, 0.15) is 5.82 Å². The summed E-state index contributed by atoms with van der Waals surface area (Å²) in [6.45, 7) is 1.50. The third-order valence-corrected chi connectivity index (χ3v) is 8.35. The number of alkyl halides is 6. The van der Waals surface area contributed by atoms with Gasteiger partial charge in [0.15, 0.2) is 0 Å². The molecule has 2 aromatic rings. The first-order valence-corrected chi connectivity index (χ1v) is 12.6. The van der Waals surface area contributed by atoms with Crippen molar-refractivity contribution < 1.29 is 53.8 Å². The molecule has 0 aliphatic carbocycles. The van der Waals surface area contributed by atoms with Crippen molar-refractivity contribution in [2.45, 2.75) is 47.1 Å². The molecule has 0 bridgehead atoms. The predicted molar refractivity (Wildman–Crippen MR) is 114 cm³/mol. The lowest BCUT2D eigenvalue weighted by Gasteiger charge is -2.38. The van der Waals surface area contributed by atoms with Crippen molar-refractivity contribution in [2.24, 2.45) is 0 Å². The van der Waals surface area contributed by atoms with E-state index >= 15 is 0 Å². The van der Waals surface area contributed by atoms with Crippen LogP contribution in [0, 0.1) is 5.82 Å². The molecular weight excluding hydrogens is 543 g/mol. The summed E-state index contributed by atoms with van der Waals surface area (Å²) >= 11 is 0.706. The van der Waals surface area contributed by atoms with Gasteiger partial charge in [-0.15, -0.1) is 11.8 Å². The number of halogens is 7. The SMILES string of the molecule is CCOC(=O)CC1CSc2cc(C(O)(C(F)(F)F)C(F)(F)F)ccc2N1S(=O)(=O)c1ccc(F)cc1. The van der Waals surface area contributed by atoms with Gasteiger partial charge in [-0.2, -0.15) is 26.3 Å². The fourth-order valence-corrected chi connectivity index (χ4v) is 6.56. The van der Waals surface area contributed by atoms with E-state index in [2.05, 4.69) is 0 Å². The van der Waals surface area contributed by atoms with Crippen LogP contribution in [0.5, 0.6) is 0 Å². The summed E-state index contributed by atoms with van der Waals surface area (Å²) in [4.78, 5) is 11.4. The summed E-state index contributed by atoms with van der Waals surface area (Å²) in [6, 6.07) is 3.84. The van der Waals surface area contributed by atoms with Crippen LogP contribution in [0.1, 0.15) is 18.9 Å². The second-order valence-electron chi connectivity index (χ2n) is 7.62. The first-order valence-electron chi connectivity index (χ1n) is 10.1. The molecule has 1 atom stereocenters. The lowest BCUT2D eigenvalue weighted by molar-refractivity contribution is -0.376. The van der Waals surface area contributed by atoms with Gasteiger partial charge in [0.2, 0.25) is 0 Å². The number of ether oxygens (including phenoxy) is 1. The second-order valence-corrected chi connectivity index (χ2v) is 10.5. The zero-order chi connectivity index (χ0) is 27.1. The molecule has 0 radical (unpaired) electrons. The summed E-state index contributed by atoms with van der Waals surface area (Å²) in [5, 5.41) is 9.73. The maximum atomic E-state index is 13.4. The van der Waals surface area contributed by atoms with Crippen LogP contribution in [0.25, 0.3) is 0 Å². The number of aliphatic hydroxyl groups is 1. The molecule has 1 unspecified atom stereocenters. The number of rotatable bonds is 6. The number of anilines is 1. The predicted octanol–water partition coefficient (Wildman–Crippen LogP) is 4.76. The van der Waals surface area contributed by atoms with Crippen LogP contribution in [0.4, 0.5) is 36.4 Å². The van der Waals surface area contributed by atoms with Crippen LogP contribution in [-0.2, 0) is 25.2 Å². The number of nitrogens with zero attached hydrogens (tertiary/aromatic N) is 1. The number of carbonyl (C=O) groups is 1. The summed E-state index contributed by atoms with van der Waals surface area (Å²) < 4.78 is 126. The first-order chi connectivity index (χ1) is 16.5. The summed E-state index contributed by atoms with van der Waals surface area (Å²) in [5.41, 5.74) is -7.09. The Bertz CT molecular complexity index is 1220. The van der Waals surface area contributed by atoms with Crippen molar-refractivity contribution in [1.29, 1.82) is 0 Å². The number of fused-ring (bicyclic) bond motifs is 1. The zero-order valence-corrected chi connectivity index (χ0v) is 19.9. The monoisotopic (exact) mass is 561 g/mol. The Kier molecular flexibility index (Phi) is 7.59. The lowest BCUT2D eigenvalue weighted by atomic mass is 9.92. The minimum absolute atomic E-state index is 0.0170. The Balaban J connectivity index is 2.18. The van der Waals surface area contributed by atoms with Crippen molar-refractivity contribution in [3.8, 4) is 0 Å². The molecule has 1 N–H and O–H groups in total. The number of benzene rings is 2. The van der Waals surface area contributed by atoms with E-state index in [0.29, 0.717) is 34.3 Å². The van der Waals surface area contributed by atoms with Crippen LogP contribution in [0.2, 0.25) is 0 Å². The van der Waals surface area contributed by atoms with E-state index in [9.17, 15) is 49.1 Å². The van der Waals surface area contributed by atoms with E-state index < -0.39 is 62.7 Å². The lowest BCUT2D eigenvalue weighted by Crippen LogP contribution is -2.54. The minimum atomic E-state index is -6.13. The Hall–Kier alpha value is -2.52. The molecule has 6 nitrogen and oxygen atoms in total. The quantitative estimate of drug-likeness (QED) is 0.405. The smallest absolute Gasteiger partial charge is 0.430 e. The summed E-state index contributed by atoms with van der Waals surface area (Å²) in [6.07, 6.45) is -12.7. The van der Waals surface area contributed by atoms with Crippen LogP contribution in [0.3, 0.4) is 0 Å². The molecule has 15 heteroatoms. The van der Waals surface area contributed by atoms with E-state index in [-0.39, 0.29) is 22.9 Å². The zero-order valence-electron chi connectivity index (χ0n) is 18.2. The number of esters is 1. The molecule has 0 saturated heterocycles. The number of thioether (sulfide) groups is 1. The van der Waals surface area contributed by atoms with Gasteiger partial charge in [0, 0.05) is 16.2 Å². The van der Waals surface area contributed by atoms with Gasteiger partial charge >= 0.3 is 18.3 Å². The molecular formula is C21H18F7NO5S2. The normalized spacial score (nSPS) is 17.0. The average Bonchev–Trinajstić information content (AvgIpc) is 2.76. The van der Waals surface area contributed by atoms with Crippen LogP contribution in [-0.4, -0.2) is 50.2 Å². The van der Waals surface area contributed by atoms with Crippen molar-refractivity contribution in [3.63, 3.8) is 0 Å². The fourth-order valence-electron chi connectivity index (χ4n) is 3.58. The first kappa shape index (κ1) is 28.1. The van der Waals surface area contributed by atoms with Gasteiger partial charge < -0.3 is 9.84 Å². The average molecular weight is 561 g/mol. The van der Waals surface area contributed by atoms with Gasteiger partial charge in [-0.3, -0.25) is 9.10 Å². The fraction of sp³-hybridized carbons (Fsp3) is 0.381. The minimum Gasteiger partial charge on any atom is -0.466 e. The third-order valence-electron chi connectivity index (χ3n) is 5.28. The van der Waals surface area contributed by atoms with Crippen LogP contribution >= 0.6 is 11.8 Å². The van der Waals surface area contributed by atoms with Gasteiger partial charge in [0.25, 0.3) is 15.6 Å². The van der Waals surface area contributed by atoms with Crippen molar-refractivity contribution in [3.05, 3.63) is 53.8 Å². The summed E-state index contributed by atoms with van der Waals surface area (Å²) in [5.74, 6) is -1.78. The Morgan fingerprint density at radius 1 is 1.08 bits per heavy atom. The molecule has 2 aromatic carbocycles. The topological polar surface area (TPSA) is 83.9 Å². The van der Waals surface area contributed by atoms with E-state index in [1.807, 2.05) is 0 Å². The molecule has 0 spiro atoms. The van der Waals surface area contributed by atoms with Gasteiger partial charge in [-0.05, 0) is 43.3 Å². The Morgan fingerprint density at radius 2 is 1.67 bits per heavy atom. The second kappa shape index (κ2) is 9.74. The van der Waals surface area contributed by atoms with Crippen LogP contribution in [0.15, 0.2) is 52.3 Å². The Morgan fingerprint density at radius 3 is 2.19 bits per heavy atom. The number of sulfonamides is 1. The highest BCUT2D eigenvalue weighted by molar-refractivity contribution is 8.00. The van der Waals surface area contributed by atoms with Crippen molar-refractivity contribution in [2.75, 3.05) is 16.7 Å². The number of hydrogen-bond acceptors (Lipinski definition) is 6. The molecule has 36 heavy (non-hydrogen) atoms. The molecule has 0 aromatic heterocycles. The van der Waals surface area contributed by atoms with E-state index in [4.69, 9.17) is 4.74 Å². The number of hydrogen-bond donors (Lipinski definition) is 1. The molecule has 3 rings (SSSR count). The highest BCUT2D eigenvalue weighted by atomic mass is 32.2. The maximum absolute atomic E-state index is 13.4. The molecule has 0 fully saturated rings. The van der Waals surface area contributed by atoms with E-state index in [1.165, 1.54) is 6.92 Å². The summed E-state index contributed by atoms with van der Waals surface area (Å²) in [7, 11) is -4.57. The highest BCUT2D eigenvalue weighted by Crippen LogP contribution is 2.52. The third kappa shape index (κ3) is 5.00. The molecule has 1 aliphatic heterocycles. The molecule has 1 aliphatic rings. The number of carbonyl (C=O) groups excluding carboxylic acids is 1. The molecule has 0 saturated carbocycles. The van der Waals surface area contributed by atoms with Gasteiger partial charge in [-0.1, -0.05) is 6.07 Å². The van der Waals surface area contributed by atoms with E-state index in [1.54, 1.807) is 0 Å². The van der Waals surface area contributed by atoms with E-state index in [0.717, 1.165) is 24.3 Å². The Labute approximate surface area is 205 Å². The van der Waals surface area contributed by atoms with Gasteiger partial charge in [0.05, 0.1) is 29.7 Å².